The molecule has 0 radical (unpaired) electrons. The summed E-state index contributed by atoms with van der Waals surface area (Å²) in [4.78, 5) is 4.37. The van der Waals surface area contributed by atoms with Crippen molar-refractivity contribution in [3.63, 3.8) is 0 Å². The molecule has 0 saturated carbocycles. The molecule has 0 unspecified atom stereocenters. The molecule has 82 valence electrons. The molecule has 16 heavy (non-hydrogen) atoms. The second kappa shape index (κ2) is 4.82. The molecule has 0 fully saturated rings. The number of nitrogens with one attached hydrogen (secondary N) is 1. The van der Waals surface area contributed by atoms with Crippen LogP contribution in [0.15, 0.2) is 24.5 Å². The third kappa shape index (κ3) is 2.23. The van der Waals surface area contributed by atoms with Crippen molar-refractivity contribution in [2.75, 3.05) is 6.54 Å². The van der Waals surface area contributed by atoms with Gasteiger partial charge in [0.05, 0.1) is 18.4 Å². The number of pyridine rings is 1. The average Bonchev–Trinajstić information content (AvgIpc) is 2.67. The average molecular weight is 213 g/mol. The van der Waals surface area contributed by atoms with E-state index in [1.54, 1.807) is 0 Å². The highest BCUT2D eigenvalue weighted by Crippen LogP contribution is 2.08. The topological polar surface area (TPSA) is 29.3 Å². The van der Waals surface area contributed by atoms with E-state index in [2.05, 4.69) is 51.8 Å². The van der Waals surface area contributed by atoms with Gasteiger partial charge in [0.15, 0.2) is 0 Å². The molecule has 3 nitrogen and oxygen atoms in total. The van der Waals surface area contributed by atoms with Crippen LogP contribution in [0, 0.1) is 18.8 Å². The van der Waals surface area contributed by atoms with E-state index >= 15 is 0 Å². The van der Waals surface area contributed by atoms with Gasteiger partial charge >= 0.3 is 0 Å². The molecule has 2 aromatic heterocycles. The molecule has 0 spiro atoms. The summed E-state index contributed by atoms with van der Waals surface area (Å²) in [7, 11) is 0. The number of fused-ring (bicyclic) bond motifs is 1. The van der Waals surface area contributed by atoms with Crippen molar-refractivity contribution >= 4 is 5.65 Å². The Morgan fingerprint density at radius 1 is 1.50 bits per heavy atom. The molecule has 0 aromatic carbocycles. The van der Waals surface area contributed by atoms with Crippen LogP contribution in [0.3, 0.4) is 0 Å². The first-order chi connectivity index (χ1) is 7.81. The Hall–Kier alpha value is -1.79. The SMILES string of the molecule is CC#CCNCc1cnc2cc(C)ccn12. The van der Waals surface area contributed by atoms with E-state index in [0.29, 0.717) is 0 Å². The van der Waals surface area contributed by atoms with Crippen LogP contribution in [0.4, 0.5) is 0 Å². The summed E-state index contributed by atoms with van der Waals surface area (Å²) in [6.45, 7) is 5.43. The fourth-order valence-corrected chi connectivity index (χ4v) is 1.61. The smallest absolute Gasteiger partial charge is 0.137 e. The van der Waals surface area contributed by atoms with Gasteiger partial charge in [0.2, 0.25) is 0 Å². The van der Waals surface area contributed by atoms with E-state index in [9.17, 15) is 0 Å². The molecule has 0 bridgehead atoms. The summed E-state index contributed by atoms with van der Waals surface area (Å²) >= 11 is 0. The minimum absolute atomic E-state index is 0.718. The number of nitrogens with zero attached hydrogens (tertiary/aromatic N) is 2. The van der Waals surface area contributed by atoms with Crippen LogP contribution in [-0.4, -0.2) is 15.9 Å². The number of rotatable bonds is 3. The van der Waals surface area contributed by atoms with Gasteiger partial charge in [-0.1, -0.05) is 5.92 Å². The normalized spacial score (nSPS) is 10.1. The first-order valence-electron chi connectivity index (χ1n) is 5.34. The van der Waals surface area contributed by atoms with Gasteiger partial charge < -0.3 is 9.72 Å². The van der Waals surface area contributed by atoms with Crippen LogP contribution >= 0.6 is 0 Å². The highest BCUT2D eigenvalue weighted by atomic mass is 15.0. The van der Waals surface area contributed by atoms with Crippen LogP contribution < -0.4 is 5.32 Å². The lowest BCUT2D eigenvalue weighted by Gasteiger charge is -2.02. The van der Waals surface area contributed by atoms with E-state index in [1.807, 2.05) is 13.1 Å². The van der Waals surface area contributed by atoms with E-state index in [4.69, 9.17) is 0 Å². The van der Waals surface area contributed by atoms with Crippen molar-refractivity contribution in [1.82, 2.24) is 14.7 Å². The molecule has 0 aliphatic heterocycles. The van der Waals surface area contributed by atoms with Crippen molar-refractivity contribution in [3.8, 4) is 11.8 Å². The lowest BCUT2D eigenvalue weighted by Crippen LogP contribution is -2.14. The van der Waals surface area contributed by atoms with E-state index in [0.717, 1.165) is 24.4 Å². The Bertz CT molecular complexity index is 543. The van der Waals surface area contributed by atoms with Crippen molar-refractivity contribution in [2.24, 2.45) is 0 Å². The highest BCUT2D eigenvalue weighted by molar-refractivity contribution is 5.42. The minimum atomic E-state index is 0.718. The maximum absolute atomic E-state index is 4.37. The van der Waals surface area contributed by atoms with Crippen molar-refractivity contribution in [1.29, 1.82) is 0 Å². The predicted octanol–water partition coefficient (Wildman–Crippen LogP) is 1.76. The molecule has 2 aromatic rings. The first kappa shape index (κ1) is 10.7. The zero-order valence-electron chi connectivity index (χ0n) is 9.62. The van der Waals surface area contributed by atoms with Crippen LogP contribution in [0.5, 0.6) is 0 Å². The summed E-state index contributed by atoms with van der Waals surface area (Å²) in [5.41, 5.74) is 3.39. The molecule has 0 atom stereocenters. The van der Waals surface area contributed by atoms with E-state index in [-0.39, 0.29) is 0 Å². The van der Waals surface area contributed by atoms with Gasteiger partial charge in [0.1, 0.15) is 5.65 Å². The predicted molar refractivity (Wildman–Crippen MR) is 65.1 cm³/mol. The van der Waals surface area contributed by atoms with Gasteiger partial charge in [-0.15, -0.1) is 5.92 Å². The molecule has 2 rings (SSSR count). The first-order valence-corrected chi connectivity index (χ1v) is 5.34. The van der Waals surface area contributed by atoms with Crippen molar-refractivity contribution in [3.05, 3.63) is 35.8 Å². The fourth-order valence-electron chi connectivity index (χ4n) is 1.61. The molecule has 0 aliphatic rings. The number of aromatic nitrogens is 2. The molecule has 0 aliphatic carbocycles. The molecular formula is C13H15N3. The van der Waals surface area contributed by atoms with Crippen LogP contribution in [0.1, 0.15) is 18.2 Å². The van der Waals surface area contributed by atoms with Gasteiger partial charge in [-0.05, 0) is 31.5 Å². The molecule has 3 heteroatoms. The van der Waals surface area contributed by atoms with Crippen LogP contribution in [-0.2, 0) is 6.54 Å². The summed E-state index contributed by atoms with van der Waals surface area (Å²) in [5, 5.41) is 3.26. The highest BCUT2D eigenvalue weighted by Gasteiger charge is 2.01. The molecule has 1 N–H and O–H groups in total. The molecule has 0 amide bonds. The van der Waals surface area contributed by atoms with Gasteiger partial charge in [-0.25, -0.2) is 4.98 Å². The van der Waals surface area contributed by atoms with E-state index < -0.39 is 0 Å². The van der Waals surface area contributed by atoms with Crippen LogP contribution in [0.25, 0.3) is 5.65 Å². The fraction of sp³-hybridized carbons (Fsp3) is 0.308. The van der Waals surface area contributed by atoms with Gasteiger partial charge in [0.25, 0.3) is 0 Å². The van der Waals surface area contributed by atoms with Gasteiger partial charge in [0, 0.05) is 12.7 Å². The standard InChI is InChI=1S/C13H15N3/c1-3-4-6-14-9-12-10-15-13-8-11(2)5-7-16(12)13/h5,7-8,10,14H,6,9H2,1-2H3. The lowest BCUT2D eigenvalue weighted by atomic mass is 10.3. The lowest BCUT2D eigenvalue weighted by molar-refractivity contribution is 0.742. The third-order valence-electron chi connectivity index (χ3n) is 2.44. The van der Waals surface area contributed by atoms with E-state index in [1.165, 1.54) is 5.56 Å². The quantitative estimate of drug-likeness (QED) is 0.622. The summed E-state index contributed by atoms with van der Waals surface area (Å²) in [6.07, 6.45) is 3.96. The van der Waals surface area contributed by atoms with Crippen molar-refractivity contribution in [2.45, 2.75) is 20.4 Å². The zero-order valence-corrected chi connectivity index (χ0v) is 9.62. The Morgan fingerprint density at radius 3 is 3.19 bits per heavy atom. The Morgan fingerprint density at radius 2 is 2.38 bits per heavy atom. The van der Waals surface area contributed by atoms with Gasteiger partial charge in [-0.2, -0.15) is 0 Å². The second-order valence-corrected chi connectivity index (χ2v) is 3.71. The van der Waals surface area contributed by atoms with Crippen LogP contribution in [0.2, 0.25) is 0 Å². The Labute approximate surface area is 95.5 Å². The number of hydrogen-bond acceptors (Lipinski definition) is 2. The third-order valence-corrected chi connectivity index (χ3v) is 2.44. The largest absolute Gasteiger partial charge is 0.303 e. The minimum Gasteiger partial charge on any atom is -0.303 e. The number of aryl methyl sites for hydroxylation is 1. The maximum Gasteiger partial charge on any atom is 0.137 e. The molecule has 2 heterocycles. The van der Waals surface area contributed by atoms with Crippen molar-refractivity contribution < 1.29 is 0 Å². The monoisotopic (exact) mass is 213 g/mol. The number of imidazole rings is 1. The molecular weight excluding hydrogens is 198 g/mol. The summed E-state index contributed by atoms with van der Waals surface area (Å²) < 4.78 is 2.10. The Kier molecular flexibility index (Phi) is 3.23. The zero-order chi connectivity index (χ0) is 11.4. The Balaban J connectivity index is 2.14. The molecule has 0 saturated heterocycles. The second-order valence-electron chi connectivity index (χ2n) is 3.71. The summed E-state index contributed by atoms with van der Waals surface area (Å²) in [5.74, 6) is 5.83. The maximum atomic E-state index is 4.37. The summed E-state index contributed by atoms with van der Waals surface area (Å²) in [6, 6.07) is 4.17. The number of hydrogen-bond donors (Lipinski definition) is 1. The van der Waals surface area contributed by atoms with Gasteiger partial charge in [-0.3, -0.25) is 0 Å².